The third-order valence-corrected chi connectivity index (χ3v) is 8.35. The van der Waals surface area contributed by atoms with E-state index in [1.54, 1.807) is 36.4 Å². The van der Waals surface area contributed by atoms with E-state index in [0.29, 0.717) is 24.4 Å². The molecule has 2 N–H and O–H groups in total. The number of benzene rings is 2. The van der Waals surface area contributed by atoms with Crippen molar-refractivity contribution < 1.29 is 22.8 Å². The highest BCUT2D eigenvalue weighted by Crippen LogP contribution is 2.36. The molecule has 0 radical (unpaired) electrons. The molecule has 1 saturated heterocycles. The van der Waals surface area contributed by atoms with Crippen LogP contribution in [0.5, 0.6) is 0 Å². The van der Waals surface area contributed by atoms with Crippen molar-refractivity contribution in [1.82, 2.24) is 10.2 Å². The van der Waals surface area contributed by atoms with Crippen molar-refractivity contribution in [3.63, 3.8) is 0 Å². The first-order valence-electron chi connectivity index (χ1n) is 11.2. The molecule has 4 amide bonds. The predicted octanol–water partition coefficient (Wildman–Crippen LogP) is 2.95. The van der Waals surface area contributed by atoms with Crippen LogP contribution in [0.1, 0.15) is 32.6 Å². The average molecular weight is 485 g/mol. The third-order valence-electron chi connectivity index (χ3n) is 6.57. The van der Waals surface area contributed by atoms with Crippen molar-refractivity contribution in [2.75, 3.05) is 23.2 Å². The van der Waals surface area contributed by atoms with Crippen LogP contribution in [-0.4, -0.2) is 50.3 Å². The molecule has 1 spiro atoms. The van der Waals surface area contributed by atoms with Crippen LogP contribution in [0.25, 0.3) is 0 Å². The standard InChI is InChI=1S/C24H28N4O5S/c1-17-11-13-24(14-12-17)22(30)28(23(31)26-24)16-21(29)25-18-7-6-10-20(15-18)34(32,33)27(2)19-8-4-3-5-9-19/h3-10,15,17H,11-14,16H2,1-2H3,(H,25,29)(H,26,31). The summed E-state index contributed by atoms with van der Waals surface area (Å²) in [7, 11) is -2.41. The summed E-state index contributed by atoms with van der Waals surface area (Å²) in [6.45, 7) is 1.67. The maximum absolute atomic E-state index is 13.0. The van der Waals surface area contributed by atoms with Gasteiger partial charge in [-0.05, 0) is 61.9 Å². The monoisotopic (exact) mass is 484 g/mol. The molecule has 2 aromatic rings. The molecular weight excluding hydrogens is 456 g/mol. The maximum atomic E-state index is 13.0. The second-order valence-electron chi connectivity index (χ2n) is 8.97. The number of nitrogens with zero attached hydrogens (tertiary/aromatic N) is 2. The Balaban J connectivity index is 1.45. The predicted molar refractivity (Wildman–Crippen MR) is 128 cm³/mol. The SMILES string of the molecule is CC1CCC2(CC1)NC(=O)N(CC(=O)Nc1cccc(S(=O)(=O)N(C)c3ccccc3)c1)C2=O. The summed E-state index contributed by atoms with van der Waals surface area (Å²) in [6.07, 6.45) is 2.80. The minimum Gasteiger partial charge on any atom is -0.324 e. The number of anilines is 2. The average Bonchev–Trinajstić information content (AvgIpc) is 3.05. The summed E-state index contributed by atoms with van der Waals surface area (Å²) in [4.78, 5) is 39.0. The van der Waals surface area contributed by atoms with Gasteiger partial charge in [0.15, 0.2) is 0 Å². The van der Waals surface area contributed by atoms with Crippen LogP contribution in [0.2, 0.25) is 0 Å². The highest BCUT2D eigenvalue weighted by molar-refractivity contribution is 7.92. The van der Waals surface area contributed by atoms with E-state index in [1.807, 2.05) is 0 Å². The number of sulfonamides is 1. The molecule has 2 aromatic carbocycles. The summed E-state index contributed by atoms with van der Waals surface area (Å²) in [6, 6.07) is 13.9. The molecule has 1 aliphatic heterocycles. The summed E-state index contributed by atoms with van der Waals surface area (Å²) < 4.78 is 27.2. The van der Waals surface area contributed by atoms with Gasteiger partial charge in [0.1, 0.15) is 12.1 Å². The number of amides is 4. The van der Waals surface area contributed by atoms with Crippen molar-refractivity contribution in [2.24, 2.45) is 5.92 Å². The van der Waals surface area contributed by atoms with Crippen molar-refractivity contribution in [3.8, 4) is 0 Å². The van der Waals surface area contributed by atoms with E-state index in [9.17, 15) is 22.8 Å². The van der Waals surface area contributed by atoms with E-state index in [-0.39, 0.29) is 16.5 Å². The zero-order chi connectivity index (χ0) is 24.5. The normalized spacial score (nSPS) is 22.5. The summed E-state index contributed by atoms with van der Waals surface area (Å²) >= 11 is 0. The van der Waals surface area contributed by atoms with Crippen LogP contribution < -0.4 is 14.9 Å². The van der Waals surface area contributed by atoms with E-state index < -0.39 is 34.0 Å². The molecule has 180 valence electrons. The Morgan fingerprint density at radius 3 is 2.47 bits per heavy atom. The molecule has 9 nitrogen and oxygen atoms in total. The quantitative estimate of drug-likeness (QED) is 0.612. The molecule has 1 saturated carbocycles. The maximum Gasteiger partial charge on any atom is 0.325 e. The number of nitrogens with one attached hydrogen (secondary N) is 2. The van der Waals surface area contributed by atoms with Gasteiger partial charge in [-0.3, -0.25) is 18.8 Å². The van der Waals surface area contributed by atoms with Gasteiger partial charge in [-0.15, -0.1) is 0 Å². The second kappa shape index (κ2) is 9.09. The lowest BCUT2D eigenvalue weighted by molar-refractivity contribution is -0.135. The van der Waals surface area contributed by atoms with Gasteiger partial charge in [0.2, 0.25) is 5.91 Å². The van der Waals surface area contributed by atoms with Crippen LogP contribution in [0.4, 0.5) is 16.2 Å². The molecule has 0 atom stereocenters. The number of carbonyl (C=O) groups is 3. The lowest BCUT2D eigenvalue weighted by atomic mass is 9.77. The lowest BCUT2D eigenvalue weighted by Gasteiger charge is -2.33. The van der Waals surface area contributed by atoms with Gasteiger partial charge >= 0.3 is 6.03 Å². The summed E-state index contributed by atoms with van der Waals surface area (Å²) in [5, 5.41) is 5.39. The number of rotatable bonds is 6. The Labute approximate surface area is 199 Å². The van der Waals surface area contributed by atoms with Crippen molar-refractivity contribution in [2.45, 2.75) is 43.0 Å². The number of carbonyl (C=O) groups excluding carboxylic acids is 3. The van der Waals surface area contributed by atoms with Crippen molar-refractivity contribution in [3.05, 3.63) is 54.6 Å². The summed E-state index contributed by atoms with van der Waals surface area (Å²) in [5.41, 5.74) is -0.165. The fourth-order valence-corrected chi connectivity index (χ4v) is 5.67. The topological polar surface area (TPSA) is 116 Å². The number of urea groups is 1. The molecule has 0 unspecified atom stereocenters. The molecule has 34 heavy (non-hydrogen) atoms. The smallest absolute Gasteiger partial charge is 0.324 e. The van der Waals surface area contributed by atoms with Gasteiger partial charge in [-0.1, -0.05) is 31.2 Å². The largest absolute Gasteiger partial charge is 0.325 e. The number of hydrogen-bond acceptors (Lipinski definition) is 5. The lowest BCUT2D eigenvalue weighted by Crippen LogP contribution is -2.49. The van der Waals surface area contributed by atoms with Gasteiger partial charge in [0.05, 0.1) is 10.6 Å². The van der Waals surface area contributed by atoms with Crippen molar-refractivity contribution in [1.29, 1.82) is 0 Å². The minimum absolute atomic E-state index is 0.00178. The number of imide groups is 1. The second-order valence-corrected chi connectivity index (χ2v) is 10.9. The van der Waals surface area contributed by atoms with Crippen LogP contribution >= 0.6 is 0 Å². The molecule has 10 heteroatoms. The molecule has 2 aliphatic rings. The Morgan fingerprint density at radius 2 is 1.79 bits per heavy atom. The van der Waals surface area contributed by atoms with Crippen molar-refractivity contribution >= 4 is 39.2 Å². The molecule has 0 bridgehead atoms. The van der Waals surface area contributed by atoms with E-state index in [2.05, 4.69) is 17.6 Å². The minimum atomic E-state index is -3.86. The Kier molecular flexibility index (Phi) is 6.35. The van der Waals surface area contributed by atoms with Gasteiger partial charge in [0.25, 0.3) is 15.9 Å². The highest BCUT2D eigenvalue weighted by atomic mass is 32.2. The molecule has 1 aliphatic carbocycles. The van der Waals surface area contributed by atoms with Crippen LogP contribution in [0.3, 0.4) is 0 Å². The third kappa shape index (κ3) is 4.50. The van der Waals surface area contributed by atoms with Gasteiger partial charge in [-0.25, -0.2) is 13.2 Å². The first-order valence-corrected chi connectivity index (χ1v) is 12.6. The first-order chi connectivity index (χ1) is 16.1. The van der Waals surface area contributed by atoms with Gasteiger partial charge < -0.3 is 10.6 Å². The Hall–Kier alpha value is -3.40. The number of hydrogen-bond donors (Lipinski definition) is 2. The highest BCUT2D eigenvalue weighted by Gasteiger charge is 2.52. The first kappa shape index (κ1) is 23.7. The van der Waals surface area contributed by atoms with Crippen LogP contribution in [0, 0.1) is 5.92 Å². The van der Waals surface area contributed by atoms with Crippen LogP contribution in [-0.2, 0) is 19.6 Å². The molecule has 0 aromatic heterocycles. The fraction of sp³-hybridized carbons (Fsp3) is 0.375. The molecule has 1 heterocycles. The van der Waals surface area contributed by atoms with E-state index in [0.717, 1.165) is 22.0 Å². The van der Waals surface area contributed by atoms with Gasteiger partial charge in [-0.2, -0.15) is 0 Å². The van der Waals surface area contributed by atoms with Gasteiger partial charge in [0, 0.05) is 12.7 Å². The molecule has 2 fully saturated rings. The Morgan fingerprint density at radius 1 is 1.12 bits per heavy atom. The van der Waals surface area contributed by atoms with E-state index >= 15 is 0 Å². The fourth-order valence-electron chi connectivity index (χ4n) is 4.43. The van der Waals surface area contributed by atoms with E-state index in [1.165, 1.54) is 25.2 Å². The Bertz CT molecular complexity index is 1210. The number of para-hydroxylation sites is 1. The molecule has 4 rings (SSSR count). The molecular formula is C24H28N4O5S. The zero-order valence-electron chi connectivity index (χ0n) is 19.2. The zero-order valence-corrected chi connectivity index (χ0v) is 20.0. The van der Waals surface area contributed by atoms with E-state index in [4.69, 9.17) is 0 Å². The summed E-state index contributed by atoms with van der Waals surface area (Å²) in [5.74, 6) is -0.465. The van der Waals surface area contributed by atoms with Crippen LogP contribution in [0.15, 0.2) is 59.5 Å².